The maximum absolute atomic E-state index is 13.4. The summed E-state index contributed by atoms with van der Waals surface area (Å²) in [6.07, 6.45) is 0.421. The first-order chi connectivity index (χ1) is 16.2. The van der Waals surface area contributed by atoms with Crippen molar-refractivity contribution in [3.63, 3.8) is 0 Å². The minimum Gasteiger partial charge on any atom is -0.495 e. The minimum atomic E-state index is -4.04. The van der Waals surface area contributed by atoms with Gasteiger partial charge in [-0.25, -0.2) is 12.8 Å². The number of carbonyl (C=O) groups excluding carboxylic acids is 1. The first kappa shape index (κ1) is 25.7. The van der Waals surface area contributed by atoms with Gasteiger partial charge in [0.25, 0.3) is 0 Å². The molecule has 9 heteroatoms. The van der Waals surface area contributed by atoms with Gasteiger partial charge in [-0.3, -0.25) is 4.79 Å². The van der Waals surface area contributed by atoms with Gasteiger partial charge in [-0.2, -0.15) is 4.31 Å². The summed E-state index contributed by atoms with van der Waals surface area (Å²) in [7, 11) is -2.60. The Labute approximate surface area is 204 Å². The van der Waals surface area contributed by atoms with Gasteiger partial charge in [0.15, 0.2) is 0 Å². The second kappa shape index (κ2) is 11.5. The zero-order chi connectivity index (χ0) is 24.7. The zero-order valence-corrected chi connectivity index (χ0v) is 20.4. The Hall–Kier alpha value is -2.94. The molecule has 1 N–H and O–H groups in total. The van der Waals surface area contributed by atoms with Crippen molar-refractivity contribution in [3.05, 3.63) is 94.8 Å². The van der Waals surface area contributed by atoms with E-state index in [2.05, 4.69) is 5.32 Å². The second-order valence-electron chi connectivity index (χ2n) is 7.71. The molecule has 0 spiro atoms. The van der Waals surface area contributed by atoms with Crippen LogP contribution in [0.2, 0.25) is 5.02 Å². The van der Waals surface area contributed by atoms with Crippen LogP contribution in [-0.2, 0) is 21.2 Å². The van der Waals surface area contributed by atoms with E-state index in [0.29, 0.717) is 17.7 Å². The fourth-order valence-electron chi connectivity index (χ4n) is 3.42. The third-order valence-corrected chi connectivity index (χ3v) is 7.46. The molecule has 3 aromatic carbocycles. The predicted molar refractivity (Wildman–Crippen MR) is 130 cm³/mol. The normalized spacial score (nSPS) is 12.4. The lowest BCUT2D eigenvalue weighted by Gasteiger charge is -2.23. The Bertz CT molecular complexity index is 1220. The quantitative estimate of drug-likeness (QED) is 0.438. The average Bonchev–Trinajstić information content (AvgIpc) is 2.82. The molecule has 0 aliphatic rings. The van der Waals surface area contributed by atoms with Gasteiger partial charge in [0, 0.05) is 6.54 Å². The van der Waals surface area contributed by atoms with Crippen molar-refractivity contribution in [2.45, 2.75) is 24.3 Å². The molecule has 0 aliphatic heterocycles. The number of amides is 1. The lowest BCUT2D eigenvalue weighted by molar-refractivity contribution is -0.121. The Morgan fingerprint density at radius 3 is 2.38 bits per heavy atom. The average molecular weight is 505 g/mol. The van der Waals surface area contributed by atoms with Crippen LogP contribution in [0.25, 0.3) is 0 Å². The van der Waals surface area contributed by atoms with E-state index in [9.17, 15) is 17.6 Å². The third-order valence-electron chi connectivity index (χ3n) is 5.32. The third kappa shape index (κ3) is 6.56. The van der Waals surface area contributed by atoms with Crippen molar-refractivity contribution in [1.82, 2.24) is 9.62 Å². The van der Waals surface area contributed by atoms with Gasteiger partial charge < -0.3 is 10.1 Å². The van der Waals surface area contributed by atoms with E-state index in [0.717, 1.165) is 9.87 Å². The zero-order valence-electron chi connectivity index (χ0n) is 18.9. The lowest BCUT2D eigenvalue weighted by Crippen LogP contribution is -2.42. The number of sulfonamides is 1. The number of nitrogens with zero attached hydrogens (tertiary/aromatic N) is 1. The topological polar surface area (TPSA) is 75.7 Å². The van der Waals surface area contributed by atoms with E-state index in [4.69, 9.17) is 16.3 Å². The van der Waals surface area contributed by atoms with Crippen LogP contribution >= 0.6 is 11.6 Å². The molecular weight excluding hydrogens is 479 g/mol. The predicted octanol–water partition coefficient (Wildman–Crippen LogP) is 4.60. The number of halogens is 2. The van der Waals surface area contributed by atoms with Crippen LogP contribution < -0.4 is 10.1 Å². The van der Waals surface area contributed by atoms with Gasteiger partial charge in [-0.1, -0.05) is 54.1 Å². The molecule has 180 valence electrons. The first-order valence-electron chi connectivity index (χ1n) is 10.6. The number of hydrogen-bond donors (Lipinski definition) is 1. The summed E-state index contributed by atoms with van der Waals surface area (Å²) in [6.45, 7) is 1.45. The van der Waals surface area contributed by atoms with E-state index in [-0.39, 0.29) is 28.8 Å². The number of ether oxygens (including phenoxy) is 1. The van der Waals surface area contributed by atoms with E-state index in [1.165, 1.54) is 37.4 Å². The minimum absolute atomic E-state index is 0.0363. The Kier molecular flexibility index (Phi) is 8.66. The summed E-state index contributed by atoms with van der Waals surface area (Å²) >= 11 is 6.15. The molecule has 3 rings (SSSR count). The van der Waals surface area contributed by atoms with E-state index in [1.807, 2.05) is 30.3 Å². The highest BCUT2D eigenvalue weighted by Gasteiger charge is 2.28. The molecule has 0 heterocycles. The van der Waals surface area contributed by atoms with Crippen LogP contribution in [0.15, 0.2) is 77.7 Å². The van der Waals surface area contributed by atoms with Gasteiger partial charge in [0.2, 0.25) is 15.9 Å². The summed E-state index contributed by atoms with van der Waals surface area (Å²) < 4.78 is 46.3. The number of rotatable bonds is 10. The Morgan fingerprint density at radius 1 is 1.09 bits per heavy atom. The van der Waals surface area contributed by atoms with Crippen LogP contribution in [-0.4, -0.2) is 38.8 Å². The molecule has 0 radical (unpaired) electrons. The van der Waals surface area contributed by atoms with Crippen LogP contribution in [0, 0.1) is 5.82 Å². The fourth-order valence-corrected chi connectivity index (χ4v) is 5.17. The molecule has 34 heavy (non-hydrogen) atoms. The number of carbonyl (C=O) groups is 1. The summed E-state index contributed by atoms with van der Waals surface area (Å²) in [5.74, 6) is -0.506. The maximum atomic E-state index is 13.4. The molecule has 0 saturated heterocycles. The van der Waals surface area contributed by atoms with E-state index in [1.54, 1.807) is 19.1 Å². The molecule has 0 aliphatic carbocycles. The standard InChI is InChI=1S/C25H26ClFN2O4S/c1-18(20-8-10-21(27)11-9-20)28-25(30)17-29(15-14-19-6-4-3-5-7-19)34(31,32)22-12-13-24(33-2)23(26)16-22/h3-13,16,18H,14-15,17H2,1-2H3,(H,28,30). The SMILES string of the molecule is COc1ccc(S(=O)(=O)N(CCc2ccccc2)CC(=O)NC(C)c2ccc(F)cc2)cc1Cl. The lowest BCUT2D eigenvalue weighted by atomic mass is 10.1. The number of nitrogens with one attached hydrogen (secondary N) is 1. The van der Waals surface area contributed by atoms with Crippen molar-refractivity contribution in [2.75, 3.05) is 20.2 Å². The highest BCUT2D eigenvalue weighted by Crippen LogP contribution is 2.28. The summed E-state index contributed by atoms with van der Waals surface area (Å²) in [4.78, 5) is 12.8. The van der Waals surface area contributed by atoms with Crippen LogP contribution in [0.1, 0.15) is 24.1 Å². The number of methoxy groups -OCH3 is 1. The molecule has 0 fully saturated rings. The summed E-state index contributed by atoms with van der Waals surface area (Å²) in [6, 6.07) is 18.9. The molecule has 0 aromatic heterocycles. The second-order valence-corrected chi connectivity index (χ2v) is 10.1. The summed E-state index contributed by atoms with van der Waals surface area (Å²) in [5, 5.41) is 2.94. The van der Waals surface area contributed by atoms with Gasteiger partial charge in [0.1, 0.15) is 11.6 Å². The molecule has 1 amide bonds. The van der Waals surface area contributed by atoms with Crippen molar-refractivity contribution in [3.8, 4) is 5.75 Å². The first-order valence-corrected chi connectivity index (χ1v) is 12.4. The monoisotopic (exact) mass is 504 g/mol. The molecular formula is C25H26ClFN2O4S. The van der Waals surface area contributed by atoms with E-state index >= 15 is 0 Å². The highest BCUT2D eigenvalue weighted by atomic mass is 35.5. The molecule has 0 saturated carbocycles. The van der Waals surface area contributed by atoms with Crippen molar-refractivity contribution in [1.29, 1.82) is 0 Å². The molecule has 6 nitrogen and oxygen atoms in total. The van der Waals surface area contributed by atoms with Crippen LogP contribution in [0.3, 0.4) is 0 Å². The molecule has 1 atom stereocenters. The van der Waals surface area contributed by atoms with Crippen molar-refractivity contribution >= 4 is 27.5 Å². The van der Waals surface area contributed by atoms with Crippen molar-refractivity contribution < 1.29 is 22.3 Å². The highest BCUT2D eigenvalue weighted by molar-refractivity contribution is 7.89. The largest absolute Gasteiger partial charge is 0.495 e. The summed E-state index contributed by atoms with van der Waals surface area (Å²) in [5.41, 5.74) is 1.64. The molecule has 3 aromatic rings. The van der Waals surface area contributed by atoms with Gasteiger partial charge in [-0.05, 0) is 54.8 Å². The van der Waals surface area contributed by atoms with Crippen LogP contribution in [0.5, 0.6) is 5.75 Å². The van der Waals surface area contributed by atoms with Crippen molar-refractivity contribution in [2.24, 2.45) is 0 Å². The smallest absolute Gasteiger partial charge is 0.243 e. The van der Waals surface area contributed by atoms with Gasteiger partial charge >= 0.3 is 0 Å². The number of hydrogen-bond acceptors (Lipinski definition) is 4. The Morgan fingerprint density at radius 2 is 1.76 bits per heavy atom. The fraction of sp³-hybridized carbons (Fsp3) is 0.240. The van der Waals surface area contributed by atoms with Crippen LogP contribution in [0.4, 0.5) is 4.39 Å². The molecule has 0 bridgehead atoms. The van der Waals surface area contributed by atoms with Gasteiger partial charge in [0.05, 0.1) is 29.6 Å². The van der Waals surface area contributed by atoms with E-state index < -0.39 is 22.0 Å². The number of benzene rings is 3. The molecule has 1 unspecified atom stereocenters. The Balaban J connectivity index is 1.81. The maximum Gasteiger partial charge on any atom is 0.243 e. The van der Waals surface area contributed by atoms with Gasteiger partial charge in [-0.15, -0.1) is 0 Å².